The van der Waals surface area contributed by atoms with Crippen LogP contribution in [0.5, 0.6) is 0 Å². The zero-order chi connectivity index (χ0) is 16.8. The van der Waals surface area contributed by atoms with E-state index >= 15 is 0 Å². The number of halogens is 1. The molecule has 0 saturated carbocycles. The minimum atomic E-state index is -0.583. The largest absolute Gasteiger partial charge is 0.469 e. The Hall–Kier alpha value is -1.78. The lowest BCUT2D eigenvalue weighted by Gasteiger charge is -2.15. The number of benzene rings is 2. The maximum absolute atomic E-state index is 12.8. The lowest BCUT2D eigenvalue weighted by molar-refractivity contribution is -0.140. The van der Waals surface area contributed by atoms with Crippen molar-refractivity contribution in [2.45, 2.75) is 17.2 Å². The van der Waals surface area contributed by atoms with Crippen LogP contribution in [0.1, 0.15) is 28.3 Å². The molecule has 0 fully saturated rings. The predicted molar refractivity (Wildman–Crippen MR) is 93.4 cm³/mol. The lowest BCUT2D eigenvalue weighted by Crippen LogP contribution is -2.18. The SMILES string of the molecule is COC(=O)CC(C(=O)c1ccc(SC)cc1)c1ccc(Cl)cc1. The van der Waals surface area contributed by atoms with Crippen LogP contribution in [0, 0.1) is 0 Å². The molecule has 3 nitrogen and oxygen atoms in total. The molecule has 0 aliphatic rings. The first kappa shape index (κ1) is 17.6. The molecule has 2 aromatic carbocycles. The van der Waals surface area contributed by atoms with Crippen molar-refractivity contribution in [1.29, 1.82) is 0 Å². The average molecular weight is 349 g/mol. The van der Waals surface area contributed by atoms with E-state index in [9.17, 15) is 9.59 Å². The average Bonchev–Trinajstić information content (AvgIpc) is 2.60. The summed E-state index contributed by atoms with van der Waals surface area (Å²) in [6.45, 7) is 0. The third-order valence-corrected chi connectivity index (χ3v) is 4.56. The molecule has 0 bridgehead atoms. The molecule has 2 rings (SSSR count). The second kappa shape index (κ2) is 8.18. The number of ether oxygens (including phenoxy) is 1. The first-order valence-corrected chi connectivity index (χ1v) is 8.66. The van der Waals surface area contributed by atoms with Gasteiger partial charge in [0.1, 0.15) is 0 Å². The molecule has 1 unspecified atom stereocenters. The Bertz CT molecular complexity index is 680. The van der Waals surface area contributed by atoms with Gasteiger partial charge in [0.15, 0.2) is 5.78 Å². The molecule has 0 amide bonds. The third kappa shape index (κ3) is 4.60. The van der Waals surface area contributed by atoms with Crippen LogP contribution in [0.2, 0.25) is 5.02 Å². The number of rotatable bonds is 6. The first-order chi connectivity index (χ1) is 11.0. The van der Waals surface area contributed by atoms with Gasteiger partial charge in [-0.05, 0) is 36.1 Å². The maximum atomic E-state index is 12.8. The molecular weight excluding hydrogens is 332 g/mol. The van der Waals surface area contributed by atoms with Gasteiger partial charge in [-0.1, -0.05) is 35.9 Å². The summed E-state index contributed by atoms with van der Waals surface area (Å²) in [5.41, 5.74) is 1.32. The van der Waals surface area contributed by atoms with Crippen molar-refractivity contribution in [3.05, 3.63) is 64.7 Å². The highest BCUT2D eigenvalue weighted by atomic mass is 35.5. The Kier molecular flexibility index (Phi) is 6.25. The van der Waals surface area contributed by atoms with Crippen LogP contribution < -0.4 is 0 Å². The van der Waals surface area contributed by atoms with Gasteiger partial charge in [-0.2, -0.15) is 0 Å². The molecule has 5 heteroatoms. The summed E-state index contributed by atoms with van der Waals surface area (Å²) in [7, 11) is 1.32. The van der Waals surface area contributed by atoms with E-state index < -0.39 is 11.9 Å². The molecule has 0 aliphatic heterocycles. The normalized spacial score (nSPS) is 11.8. The van der Waals surface area contributed by atoms with Crippen LogP contribution in [0.15, 0.2) is 53.4 Å². The number of ketones is 1. The number of thioether (sulfide) groups is 1. The fourth-order valence-electron chi connectivity index (χ4n) is 2.26. The van der Waals surface area contributed by atoms with E-state index in [4.69, 9.17) is 16.3 Å². The summed E-state index contributed by atoms with van der Waals surface area (Å²) < 4.78 is 4.73. The minimum Gasteiger partial charge on any atom is -0.469 e. The number of esters is 1. The van der Waals surface area contributed by atoms with Gasteiger partial charge >= 0.3 is 5.97 Å². The number of carbonyl (C=O) groups is 2. The Morgan fingerprint density at radius 1 is 1.09 bits per heavy atom. The van der Waals surface area contributed by atoms with Crippen LogP contribution in [-0.2, 0) is 9.53 Å². The molecular formula is C18H17ClO3S. The van der Waals surface area contributed by atoms with Crippen molar-refractivity contribution in [2.75, 3.05) is 13.4 Å². The van der Waals surface area contributed by atoms with E-state index in [1.54, 1.807) is 48.2 Å². The van der Waals surface area contributed by atoms with Gasteiger partial charge in [0.25, 0.3) is 0 Å². The van der Waals surface area contributed by atoms with Crippen molar-refractivity contribution >= 4 is 35.1 Å². The topological polar surface area (TPSA) is 43.4 Å². The smallest absolute Gasteiger partial charge is 0.306 e. The molecule has 23 heavy (non-hydrogen) atoms. The van der Waals surface area contributed by atoms with E-state index in [1.165, 1.54) is 7.11 Å². The van der Waals surface area contributed by atoms with Gasteiger partial charge in [0, 0.05) is 15.5 Å². The summed E-state index contributed by atoms with van der Waals surface area (Å²) in [6.07, 6.45) is 1.98. The Morgan fingerprint density at radius 2 is 1.70 bits per heavy atom. The molecule has 2 aromatic rings. The van der Waals surface area contributed by atoms with E-state index in [2.05, 4.69) is 0 Å². The van der Waals surface area contributed by atoms with Crippen LogP contribution in [0.4, 0.5) is 0 Å². The fraction of sp³-hybridized carbons (Fsp3) is 0.222. The highest BCUT2D eigenvalue weighted by Crippen LogP contribution is 2.27. The Morgan fingerprint density at radius 3 is 2.22 bits per heavy atom. The van der Waals surface area contributed by atoms with E-state index in [1.807, 2.05) is 18.4 Å². The number of carbonyl (C=O) groups excluding carboxylic acids is 2. The molecule has 0 N–H and O–H groups in total. The van der Waals surface area contributed by atoms with Gasteiger partial charge in [-0.25, -0.2) is 0 Å². The molecule has 120 valence electrons. The quantitative estimate of drug-likeness (QED) is 0.435. The van der Waals surface area contributed by atoms with Crippen molar-refractivity contribution in [3.63, 3.8) is 0 Å². The molecule has 0 aliphatic carbocycles. The number of hydrogen-bond donors (Lipinski definition) is 0. The van der Waals surface area contributed by atoms with Gasteiger partial charge in [0.2, 0.25) is 0 Å². The third-order valence-electron chi connectivity index (χ3n) is 3.56. The van der Waals surface area contributed by atoms with Crippen molar-refractivity contribution in [2.24, 2.45) is 0 Å². The predicted octanol–water partition coefficient (Wildman–Crippen LogP) is 4.59. The highest BCUT2D eigenvalue weighted by Gasteiger charge is 2.25. The van der Waals surface area contributed by atoms with Crippen LogP contribution >= 0.6 is 23.4 Å². The summed E-state index contributed by atoms with van der Waals surface area (Å²) >= 11 is 7.51. The number of methoxy groups -OCH3 is 1. The second-order valence-electron chi connectivity index (χ2n) is 4.98. The molecule has 1 atom stereocenters. The molecule has 0 saturated heterocycles. The summed E-state index contributed by atoms with van der Waals surface area (Å²) in [4.78, 5) is 25.6. The van der Waals surface area contributed by atoms with Crippen molar-refractivity contribution < 1.29 is 14.3 Å². The monoisotopic (exact) mass is 348 g/mol. The Labute approximate surface area is 145 Å². The van der Waals surface area contributed by atoms with E-state index in [0.717, 1.165) is 10.5 Å². The summed E-state index contributed by atoms with van der Waals surface area (Å²) in [5.74, 6) is -1.11. The zero-order valence-corrected chi connectivity index (χ0v) is 14.5. The maximum Gasteiger partial charge on any atom is 0.306 e. The molecule has 0 radical (unpaired) electrons. The lowest BCUT2D eigenvalue weighted by atomic mass is 9.88. The first-order valence-electron chi connectivity index (χ1n) is 7.05. The highest BCUT2D eigenvalue weighted by molar-refractivity contribution is 7.98. The van der Waals surface area contributed by atoms with Gasteiger partial charge in [0.05, 0.1) is 19.4 Å². The standard InChI is InChI=1S/C18H17ClO3S/c1-22-17(20)11-16(12-3-7-14(19)8-4-12)18(21)13-5-9-15(23-2)10-6-13/h3-10,16H,11H2,1-2H3. The van der Waals surface area contributed by atoms with Gasteiger partial charge < -0.3 is 4.74 Å². The van der Waals surface area contributed by atoms with Crippen molar-refractivity contribution in [1.82, 2.24) is 0 Å². The second-order valence-corrected chi connectivity index (χ2v) is 6.29. The van der Waals surface area contributed by atoms with Gasteiger partial charge in [-0.15, -0.1) is 11.8 Å². The molecule has 0 heterocycles. The minimum absolute atomic E-state index is 0.00124. The Balaban J connectivity index is 2.32. The summed E-state index contributed by atoms with van der Waals surface area (Å²) in [6, 6.07) is 14.3. The van der Waals surface area contributed by atoms with Gasteiger partial charge in [-0.3, -0.25) is 9.59 Å². The van der Waals surface area contributed by atoms with E-state index in [0.29, 0.717) is 10.6 Å². The fourth-order valence-corrected chi connectivity index (χ4v) is 2.80. The van der Waals surface area contributed by atoms with E-state index in [-0.39, 0.29) is 12.2 Å². The van der Waals surface area contributed by atoms with Crippen LogP contribution in [0.3, 0.4) is 0 Å². The summed E-state index contributed by atoms with van der Waals surface area (Å²) in [5, 5.41) is 0.586. The van der Waals surface area contributed by atoms with Crippen LogP contribution in [0.25, 0.3) is 0 Å². The molecule has 0 aromatic heterocycles. The van der Waals surface area contributed by atoms with Crippen molar-refractivity contribution in [3.8, 4) is 0 Å². The zero-order valence-electron chi connectivity index (χ0n) is 12.9. The van der Waals surface area contributed by atoms with Crippen LogP contribution in [-0.4, -0.2) is 25.1 Å². The molecule has 0 spiro atoms. The number of Topliss-reactive ketones (excluding diaryl/α,β-unsaturated/α-hetero) is 1. The number of hydrogen-bond acceptors (Lipinski definition) is 4.